The molecule has 0 spiro atoms. The molecule has 140 valence electrons. The maximum absolute atomic E-state index is 13.0. The molecule has 0 atom stereocenters. The Morgan fingerprint density at radius 3 is 2.50 bits per heavy atom. The van der Waals surface area contributed by atoms with Gasteiger partial charge in [0.05, 0.1) is 18.6 Å². The number of carbonyl (C=O) groups is 1. The Morgan fingerprint density at radius 1 is 1.15 bits per heavy atom. The van der Waals surface area contributed by atoms with E-state index in [1.54, 1.807) is 0 Å². The molecule has 6 nitrogen and oxygen atoms in total. The second kappa shape index (κ2) is 8.14. The largest absolute Gasteiger partial charge is 0.469 e. The van der Waals surface area contributed by atoms with Crippen LogP contribution in [0.15, 0.2) is 30.3 Å². The highest BCUT2D eigenvalue weighted by molar-refractivity contribution is 7.13. The van der Waals surface area contributed by atoms with Crippen LogP contribution < -0.4 is 4.74 Å². The smallest absolute Gasteiger partial charge is 0.294 e. The van der Waals surface area contributed by atoms with Crippen LogP contribution >= 0.6 is 11.3 Å². The summed E-state index contributed by atoms with van der Waals surface area (Å²) in [6.45, 7) is 10.5. The molecule has 1 aromatic carbocycles. The lowest BCUT2D eigenvalue weighted by molar-refractivity contribution is -0.138. The van der Waals surface area contributed by atoms with E-state index < -0.39 is 5.41 Å². The zero-order valence-electron chi connectivity index (χ0n) is 15.6. The summed E-state index contributed by atoms with van der Waals surface area (Å²) in [4.78, 5) is 17.3. The molecule has 1 fully saturated rings. The second-order valence-corrected chi connectivity index (χ2v) is 7.98. The van der Waals surface area contributed by atoms with Crippen LogP contribution in [-0.4, -0.2) is 58.7 Å². The van der Waals surface area contributed by atoms with Gasteiger partial charge < -0.3 is 9.64 Å². The van der Waals surface area contributed by atoms with Gasteiger partial charge in [-0.2, -0.15) is 0 Å². The lowest BCUT2D eigenvalue weighted by Gasteiger charge is -2.38. The highest BCUT2D eigenvalue weighted by Crippen LogP contribution is 2.26. The van der Waals surface area contributed by atoms with Crippen molar-refractivity contribution in [2.24, 2.45) is 0 Å². The zero-order chi connectivity index (χ0) is 18.6. The fraction of sp³-hybridized carbons (Fsp3) is 0.526. The van der Waals surface area contributed by atoms with E-state index in [1.807, 2.05) is 56.0 Å². The lowest BCUT2D eigenvalue weighted by atomic mass is 9.83. The SMILES string of the molecule is CCOc1nnc(CN2CCN(C(=O)C(C)(C)c3ccccc3)CC2)s1. The molecule has 0 radical (unpaired) electrons. The third-order valence-electron chi connectivity index (χ3n) is 4.76. The fourth-order valence-corrected chi connectivity index (χ4v) is 3.95. The maximum atomic E-state index is 13.0. The van der Waals surface area contributed by atoms with Crippen molar-refractivity contribution in [2.75, 3.05) is 32.8 Å². The summed E-state index contributed by atoms with van der Waals surface area (Å²) < 4.78 is 5.38. The van der Waals surface area contributed by atoms with Crippen LogP contribution in [0.3, 0.4) is 0 Å². The van der Waals surface area contributed by atoms with Gasteiger partial charge in [0.1, 0.15) is 5.01 Å². The number of carbonyl (C=O) groups excluding carboxylic acids is 1. The summed E-state index contributed by atoms with van der Waals surface area (Å²) >= 11 is 1.49. The number of nitrogens with zero attached hydrogens (tertiary/aromatic N) is 4. The van der Waals surface area contributed by atoms with Gasteiger partial charge in [-0.1, -0.05) is 41.7 Å². The van der Waals surface area contributed by atoms with Crippen molar-refractivity contribution >= 4 is 17.2 Å². The van der Waals surface area contributed by atoms with E-state index in [4.69, 9.17) is 4.74 Å². The van der Waals surface area contributed by atoms with Crippen molar-refractivity contribution in [3.63, 3.8) is 0 Å². The number of hydrogen-bond acceptors (Lipinski definition) is 6. The summed E-state index contributed by atoms with van der Waals surface area (Å²) in [6.07, 6.45) is 0. The molecule has 2 aromatic rings. The average Bonchev–Trinajstić information content (AvgIpc) is 3.10. The number of benzene rings is 1. The van der Waals surface area contributed by atoms with E-state index in [-0.39, 0.29) is 5.91 Å². The summed E-state index contributed by atoms with van der Waals surface area (Å²) in [7, 11) is 0. The van der Waals surface area contributed by atoms with Crippen molar-refractivity contribution in [3.05, 3.63) is 40.9 Å². The first-order chi connectivity index (χ1) is 12.5. The molecule has 0 unspecified atom stereocenters. The number of amides is 1. The van der Waals surface area contributed by atoms with Crippen LogP contribution in [0.5, 0.6) is 5.19 Å². The molecule has 7 heteroatoms. The van der Waals surface area contributed by atoms with Crippen LogP contribution in [-0.2, 0) is 16.8 Å². The molecular weight excluding hydrogens is 348 g/mol. The average molecular weight is 375 g/mol. The molecule has 0 N–H and O–H groups in total. The highest BCUT2D eigenvalue weighted by Gasteiger charge is 2.35. The van der Waals surface area contributed by atoms with Crippen LogP contribution in [0.25, 0.3) is 0 Å². The highest BCUT2D eigenvalue weighted by atomic mass is 32.1. The van der Waals surface area contributed by atoms with E-state index in [2.05, 4.69) is 15.1 Å². The summed E-state index contributed by atoms with van der Waals surface area (Å²) in [5, 5.41) is 9.80. The topological polar surface area (TPSA) is 58.6 Å². The molecule has 1 aromatic heterocycles. The number of piperazine rings is 1. The quantitative estimate of drug-likeness (QED) is 0.778. The number of aromatic nitrogens is 2. The molecule has 1 amide bonds. The van der Waals surface area contributed by atoms with Crippen molar-refractivity contribution in [3.8, 4) is 5.19 Å². The van der Waals surface area contributed by atoms with Gasteiger partial charge in [0.2, 0.25) is 5.91 Å². The first-order valence-electron chi connectivity index (χ1n) is 9.03. The van der Waals surface area contributed by atoms with E-state index in [0.717, 1.165) is 43.3 Å². The fourth-order valence-electron chi connectivity index (χ4n) is 3.16. The number of hydrogen-bond donors (Lipinski definition) is 0. The molecule has 1 aliphatic rings. The Bertz CT molecular complexity index is 724. The first kappa shape index (κ1) is 18.8. The van der Waals surface area contributed by atoms with Gasteiger partial charge in [-0.15, -0.1) is 10.2 Å². The van der Waals surface area contributed by atoms with Gasteiger partial charge >= 0.3 is 0 Å². The number of rotatable bonds is 6. The molecule has 0 aliphatic carbocycles. The molecule has 3 rings (SSSR count). The normalized spacial score (nSPS) is 15.9. The molecule has 1 saturated heterocycles. The van der Waals surface area contributed by atoms with Gasteiger partial charge in [-0.05, 0) is 26.3 Å². The van der Waals surface area contributed by atoms with E-state index in [0.29, 0.717) is 11.8 Å². The van der Waals surface area contributed by atoms with Crippen molar-refractivity contribution in [1.29, 1.82) is 0 Å². The monoisotopic (exact) mass is 374 g/mol. The molecular formula is C19H26N4O2S. The Balaban J connectivity index is 1.55. The first-order valence-corrected chi connectivity index (χ1v) is 9.84. The van der Waals surface area contributed by atoms with E-state index in [1.165, 1.54) is 11.3 Å². The van der Waals surface area contributed by atoms with Gasteiger partial charge in [0, 0.05) is 26.2 Å². The molecule has 0 bridgehead atoms. The van der Waals surface area contributed by atoms with Gasteiger partial charge in [0.25, 0.3) is 5.19 Å². The third-order valence-corrected chi connectivity index (χ3v) is 5.59. The summed E-state index contributed by atoms with van der Waals surface area (Å²) in [5.41, 5.74) is 0.555. The number of ether oxygens (including phenoxy) is 1. The minimum atomic E-state index is -0.505. The molecule has 2 heterocycles. The van der Waals surface area contributed by atoms with Crippen molar-refractivity contribution in [1.82, 2.24) is 20.0 Å². The zero-order valence-corrected chi connectivity index (χ0v) is 16.5. The standard InChI is InChI=1S/C19H26N4O2S/c1-4-25-18-21-20-16(26-18)14-22-10-12-23(13-11-22)17(24)19(2,3)15-8-6-5-7-9-15/h5-9H,4,10-14H2,1-3H3. The van der Waals surface area contributed by atoms with E-state index in [9.17, 15) is 4.79 Å². The van der Waals surface area contributed by atoms with E-state index >= 15 is 0 Å². The van der Waals surface area contributed by atoms with Crippen LogP contribution in [0, 0.1) is 0 Å². The van der Waals surface area contributed by atoms with Gasteiger partial charge in [0.15, 0.2) is 0 Å². The summed E-state index contributed by atoms with van der Waals surface area (Å²) in [6, 6.07) is 10.0. The Morgan fingerprint density at radius 2 is 1.85 bits per heavy atom. The molecule has 0 saturated carbocycles. The van der Waals surface area contributed by atoms with Gasteiger partial charge in [-0.3, -0.25) is 9.69 Å². The summed E-state index contributed by atoms with van der Waals surface area (Å²) in [5.74, 6) is 0.192. The minimum absolute atomic E-state index is 0.192. The maximum Gasteiger partial charge on any atom is 0.294 e. The van der Waals surface area contributed by atoms with Crippen LogP contribution in [0.4, 0.5) is 0 Å². The van der Waals surface area contributed by atoms with Crippen LogP contribution in [0.1, 0.15) is 31.3 Å². The van der Waals surface area contributed by atoms with Crippen molar-refractivity contribution in [2.45, 2.75) is 32.7 Å². The second-order valence-electron chi connectivity index (χ2n) is 6.95. The predicted molar refractivity (Wildman–Crippen MR) is 102 cm³/mol. The minimum Gasteiger partial charge on any atom is -0.469 e. The van der Waals surface area contributed by atoms with Crippen LogP contribution in [0.2, 0.25) is 0 Å². The Labute approximate surface area is 158 Å². The predicted octanol–water partition coefficient (Wildman–Crippen LogP) is 2.56. The Hall–Kier alpha value is -1.99. The third kappa shape index (κ3) is 4.22. The Kier molecular flexibility index (Phi) is 5.88. The van der Waals surface area contributed by atoms with Crippen molar-refractivity contribution < 1.29 is 9.53 Å². The molecule has 26 heavy (non-hydrogen) atoms. The van der Waals surface area contributed by atoms with Gasteiger partial charge in [-0.25, -0.2) is 0 Å². The lowest BCUT2D eigenvalue weighted by Crippen LogP contribution is -2.52. The molecule has 1 aliphatic heterocycles.